The van der Waals surface area contributed by atoms with Crippen LogP contribution in [-0.2, 0) is 11.3 Å². The van der Waals surface area contributed by atoms with E-state index < -0.39 is 5.54 Å². The summed E-state index contributed by atoms with van der Waals surface area (Å²) in [4.78, 5) is 28.1. The number of ether oxygens (including phenoxy) is 2. The number of hydrogen-bond donors (Lipinski definition) is 2. The zero-order chi connectivity index (χ0) is 19.0. The first-order valence-corrected chi connectivity index (χ1v) is 9.83. The van der Waals surface area contributed by atoms with Gasteiger partial charge in [0.1, 0.15) is 25.3 Å². The van der Waals surface area contributed by atoms with Crippen LogP contribution in [0.3, 0.4) is 0 Å². The summed E-state index contributed by atoms with van der Waals surface area (Å²) < 4.78 is 11.2. The fourth-order valence-corrected chi connectivity index (χ4v) is 4.51. The molecule has 1 aromatic carbocycles. The average Bonchev–Trinajstić information content (AvgIpc) is 2.89. The molecule has 4 rings (SSSR count). The Morgan fingerprint density at radius 1 is 1.22 bits per heavy atom. The first-order chi connectivity index (χ1) is 13.0. The molecule has 2 fully saturated rings. The molecule has 1 aromatic rings. The highest BCUT2D eigenvalue weighted by Crippen LogP contribution is 2.37. The van der Waals surface area contributed by atoms with Crippen molar-refractivity contribution >= 4 is 11.9 Å². The minimum atomic E-state index is -0.688. The Labute approximate surface area is 159 Å². The summed E-state index contributed by atoms with van der Waals surface area (Å²) in [5.41, 5.74) is 0.400. The van der Waals surface area contributed by atoms with Crippen LogP contribution in [0.1, 0.15) is 38.2 Å². The van der Waals surface area contributed by atoms with Gasteiger partial charge in [0.2, 0.25) is 0 Å². The zero-order valence-electron chi connectivity index (χ0n) is 16.0. The van der Waals surface area contributed by atoms with E-state index in [-0.39, 0.29) is 17.9 Å². The molecule has 3 atom stereocenters. The van der Waals surface area contributed by atoms with E-state index in [1.54, 1.807) is 0 Å². The van der Waals surface area contributed by atoms with Gasteiger partial charge in [-0.1, -0.05) is 19.8 Å². The molecule has 27 heavy (non-hydrogen) atoms. The summed E-state index contributed by atoms with van der Waals surface area (Å²) in [6, 6.07) is 5.65. The molecule has 2 aliphatic heterocycles. The lowest BCUT2D eigenvalue weighted by Gasteiger charge is -2.36. The molecule has 1 spiro atoms. The Balaban J connectivity index is 1.43. The van der Waals surface area contributed by atoms with Gasteiger partial charge in [0.25, 0.3) is 5.91 Å². The van der Waals surface area contributed by atoms with Gasteiger partial charge in [-0.2, -0.15) is 0 Å². The number of carbonyl (C=O) groups is 2. The number of hydrogen-bond acceptors (Lipinski definition) is 4. The van der Waals surface area contributed by atoms with Crippen LogP contribution < -0.4 is 19.7 Å². The van der Waals surface area contributed by atoms with Crippen LogP contribution in [0.2, 0.25) is 0 Å². The fraction of sp³-hybridized carbons (Fsp3) is 0.600. The van der Waals surface area contributed by atoms with Gasteiger partial charge in [-0.05, 0) is 37.0 Å². The van der Waals surface area contributed by atoms with Gasteiger partial charge in [-0.25, -0.2) is 9.69 Å². The summed E-state index contributed by atoms with van der Waals surface area (Å²) in [6.45, 7) is 4.25. The fourth-order valence-electron chi connectivity index (χ4n) is 4.51. The Bertz CT molecular complexity index is 753. The van der Waals surface area contributed by atoms with E-state index in [4.69, 9.17) is 9.47 Å². The lowest BCUT2D eigenvalue weighted by molar-refractivity contribution is -0.901. The molecule has 0 radical (unpaired) electrons. The van der Waals surface area contributed by atoms with Gasteiger partial charge < -0.3 is 19.7 Å². The van der Waals surface area contributed by atoms with Crippen LogP contribution in [0.4, 0.5) is 4.79 Å². The maximum atomic E-state index is 13.1. The second-order valence-corrected chi connectivity index (χ2v) is 8.05. The molecule has 3 amide bonds. The van der Waals surface area contributed by atoms with Crippen LogP contribution >= 0.6 is 0 Å². The number of amides is 3. The van der Waals surface area contributed by atoms with Crippen molar-refractivity contribution in [2.45, 2.75) is 44.7 Å². The van der Waals surface area contributed by atoms with Crippen molar-refractivity contribution in [3.8, 4) is 11.5 Å². The Morgan fingerprint density at radius 3 is 2.78 bits per heavy atom. The van der Waals surface area contributed by atoms with E-state index in [1.807, 2.05) is 25.2 Å². The van der Waals surface area contributed by atoms with Crippen molar-refractivity contribution in [2.75, 3.05) is 26.9 Å². The minimum Gasteiger partial charge on any atom is -0.486 e. The molecule has 0 bridgehead atoms. The third-order valence-electron chi connectivity index (χ3n) is 6.04. The van der Waals surface area contributed by atoms with Gasteiger partial charge in [0.05, 0.1) is 7.05 Å². The monoisotopic (exact) mass is 374 g/mol. The number of quaternary nitrogens is 1. The molecule has 1 aliphatic carbocycles. The van der Waals surface area contributed by atoms with Gasteiger partial charge in [-0.15, -0.1) is 0 Å². The SMILES string of the molecule is C[C@H]1CCCC[C@]12NC(=O)N(C[NH+](C)Cc1ccc3c(c1)OCCO3)C2=O. The van der Waals surface area contributed by atoms with Crippen LogP contribution in [0.5, 0.6) is 11.5 Å². The lowest BCUT2D eigenvalue weighted by Crippen LogP contribution is -3.09. The number of benzene rings is 1. The first kappa shape index (κ1) is 18.1. The van der Waals surface area contributed by atoms with Crippen LogP contribution in [-0.4, -0.2) is 49.3 Å². The topological polar surface area (TPSA) is 72.3 Å². The molecule has 2 N–H and O–H groups in total. The van der Waals surface area contributed by atoms with E-state index in [1.165, 1.54) is 4.90 Å². The second kappa shape index (κ2) is 7.03. The number of urea groups is 1. The highest BCUT2D eigenvalue weighted by molar-refractivity contribution is 6.07. The van der Waals surface area contributed by atoms with Gasteiger partial charge in [-0.3, -0.25) is 4.79 Å². The number of nitrogens with zero attached hydrogens (tertiary/aromatic N) is 1. The predicted octanol–water partition coefficient (Wildman–Crippen LogP) is 0.931. The van der Waals surface area contributed by atoms with Gasteiger partial charge in [0.15, 0.2) is 18.2 Å². The van der Waals surface area contributed by atoms with Gasteiger partial charge in [0, 0.05) is 5.56 Å². The van der Waals surface area contributed by atoms with Crippen molar-refractivity contribution in [3.63, 3.8) is 0 Å². The third-order valence-corrected chi connectivity index (χ3v) is 6.04. The van der Waals surface area contributed by atoms with Crippen molar-refractivity contribution in [1.29, 1.82) is 0 Å². The van der Waals surface area contributed by atoms with E-state index in [0.29, 0.717) is 26.4 Å². The smallest absolute Gasteiger partial charge is 0.329 e. The summed E-state index contributed by atoms with van der Waals surface area (Å²) in [7, 11) is 1.99. The van der Waals surface area contributed by atoms with Crippen molar-refractivity contribution in [1.82, 2.24) is 10.2 Å². The average molecular weight is 374 g/mol. The van der Waals surface area contributed by atoms with E-state index in [2.05, 4.69) is 12.2 Å². The number of nitrogens with one attached hydrogen (secondary N) is 2. The summed E-state index contributed by atoms with van der Waals surface area (Å²) >= 11 is 0. The maximum absolute atomic E-state index is 13.1. The van der Waals surface area contributed by atoms with Crippen molar-refractivity contribution < 1.29 is 24.0 Å². The van der Waals surface area contributed by atoms with Crippen molar-refractivity contribution in [2.24, 2.45) is 5.92 Å². The predicted molar refractivity (Wildman–Crippen MR) is 98.6 cm³/mol. The molecule has 146 valence electrons. The highest BCUT2D eigenvalue weighted by Gasteiger charge is 2.55. The lowest BCUT2D eigenvalue weighted by atomic mass is 9.73. The Hall–Kier alpha value is -2.28. The van der Waals surface area contributed by atoms with E-state index in [0.717, 1.165) is 47.6 Å². The molecule has 1 unspecified atom stereocenters. The molecule has 0 aromatic heterocycles. The Kier molecular flexibility index (Phi) is 4.72. The standard InChI is InChI=1S/C20H27N3O4/c1-14-5-3-4-8-20(14)18(24)23(19(25)21-20)13-22(2)12-15-6-7-16-17(11-15)27-10-9-26-16/h6-7,11,14H,3-5,8-10,12-13H2,1-2H3,(H,21,25)/p+1/t14-,20-/m0/s1. The number of rotatable bonds is 4. The van der Waals surface area contributed by atoms with E-state index in [9.17, 15) is 9.59 Å². The summed E-state index contributed by atoms with van der Waals surface area (Å²) in [5.74, 6) is 1.66. The number of fused-ring (bicyclic) bond motifs is 1. The minimum absolute atomic E-state index is 0.0544. The first-order valence-electron chi connectivity index (χ1n) is 9.83. The number of imide groups is 1. The molecule has 1 saturated carbocycles. The van der Waals surface area contributed by atoms with Gasteiger partial charge >= 0.3 is 6.03 Å². The molecule has 7 heteroatoms. The highest BCUT2D eigenvalue weighted by atomic mass is 16.6. The number of carbonyl (C=O) groups excluding carboxylic acids is 2. The molecule has 3 aliphatic rings. The van der Waals surface area contributed by atoms with E-state index >= 15 is 0 Å². The summed E-state index contributed by atoms with van der Waals surface area (Å²) in [5, 5.41) is 3.02. The molecule has 1 saturated heterocycles. The summed E-state index contributed by atoms with van der Waals surface area (Å²) in [6.07, 6.45) is 3.85. The van der Waals surface area contributed by atoms with Crippen molar-refractivity contribution in [3.05, 3.63) is 23.8 Å². The quantitative estimate of drug-likeness (QED) is 0.769. The normalized spacial score (nSPS) is 28.4. The maximum Gasteiger partial charge on any atom is 0.329 e. The second-order valence-electron chi connectivity index (χ2n) is 8.05. The largest absolute Gasteiger partial charge is 0.486 e. The molecular formula is C20H28N3O4+. The van der Waals surface area contributed by atoms with Crippen LogP contribution in [0.25, 0.3) is 0 Å². The molecular weight excluding hydrogens is 346 g/mol. The van der Waals surface area contributed by atoms with Crippen LogP contribution in [0, 0.1) is 5.92 Å². The van der Waals surface area contributed by atoms with Crippen LogP contribution in [0.15, 0.2) is 18.2 Å². The molecule has 2 heterocycles. The Morgan fingerprint density at radius 2 is 2.00 bits per heavy atom. The molecule has 7 nitrogen and oxygen atoms in total. The zero-order valence-corrected chi connectivity index (χ0v) is 16.0. The third kappa shape index (κ3) is 3.25.